The van der Waals surface area contributed by atoms with Crippen LogP contribution in [0.15, 0.2) is 46.3 Å². The third kappa shape index (κ3) is 4.18. The highest BCUT2D eigenvalue weighted by Crippen LogP contribution is 2.30. The summed E-state index contributed by atoms with van der Waals surface area (Å²) in [5.74, 6) is 0.384. The van der Waals surface area contributed by atoms with Crippen LogP contribution in [0.5, 0.6) is 11.5 Å². The molecule has 0 bridgehead atoms. The summed E-state index contributed by atoms with van der Waals surface area (Å²) in [4.78, 5) is 4.52. The van der Waals surface area contributed by atoms with Crippen molar-refractivity contribution in [3.63, 3.8) is 0 Å². The fourth-order valence-electron chi connectivity index (χ4n) is 2.15. The number of aryl methyl sites for hydroxylation is 1. The molecular formula is C18H22N2O4S. The number of nitrogens with zero attached hydrogens (tertiary/aromatic N) is 2. The molecule has 0 spiro atoms. The third-order valence-corrected chi connectivity index (χ3v) is 5.44. The summed E-state index contributed by atoms with van der Waals surface area (Å²) in [5.41, 5.74) is 1.84. The summed E-state index contributed by atoms with van der Waals surface area (Å²) in [7, 11) is -0.568. The monoisotopic (exact) mass is 362 g/mol. The Bertz CT molecular complexity index is 890. The van der Waals surface area contributed by atoms with E-state index >= 15 is 0 Å². The van der Waals surface area contributed by atoms with Crippen molar-refractivity contribution in [1.29, 1.82) is 0 Å². The zero-order valence-electron chi connectivity index (χ0n) is 14.7. The number of aromatic hydroxyl groups is 1. The second-order valence-corrected chi connectivity index (χ2v) is 7.77. The lowest BCUT2D eigenvalue weighted by molar-refractivity contribution is 0.318. The molecule has 7 heteroatoms. The van der Waals surface area contributed by atoms with Gasteiger partial charge in [-0.3, -0.25) is 4.99 Å². The number of rotatable bonds is 6. The van der Waals surface area contributed by atoms with Crippen LogP contribution in [-0.2, 0) is 10.0 Å². The van der Waals surface area contributed by atoms with Gasteiger partial charge in [-0.05, 0) is 43.7 Å². The molecule has 0 unspecified atom stereocenters. The molecule has 0 aliphatic rings. The van der Waals surface area contributed by atoms with E-state index in [0.717, 1.165) is 9.87 Å². The van der Waals surface area contributed by atoms with E-state index in [-0.39, 0.29) is 10.6 Å². The number of hydrogen-bond acceptors (Lipinski definition) is 5. The third-order valence-electron chi connectivity index (χ3n) is 3.63. The molecule has 0 saturated heterocycles. The van der Waals surface area contributed by atoms with Crippen LogP contribution in [0.2, 0.25) is 0 Å². The Morgan fingerprint density at radius 1 is 1.24 bits per heavy atom. The maximum absolute atomic E-state index is 12.3. The van der Waals surface area contributed by atoms with Crippen LogP contribution >= 0.6 is 0 Å². The largest absolute Gasteiger partial charge is 0.504 e. The molecule has 6 nitrogen and oxygen atoms in total. The van der Waals surface area contributed by atoms with Crippen molar-refractivity contribution in [3.05, 3.63) is 47.5 Å². The zero-order valence-corrected chi connectivity index (χ0v) is 15.5. The summed E-state index contributed by atoms with van der Waals surface area (Å²) < 4.78 is 31.0. The number of phenolic OH excluding ortho intramolecular Hbond substituents is 1. The van der Waals surface area contributed by atoms with Gasteiger partial charge >= 0.3 is 0 Å². The summed E-state index contributed by atoms with van der Waals surface area (Å²) in [6.45, 7) is 4.12. The van der Waals surface area contributed by atoms with E-state index in [4.69, 9.17) is 4.74 Å². The summed E-state index contributed by atoms with van der Waals surface area (Å²) in [6.07, 6.45) is 1.49. The normalized spacial score (nSPS) is 12.0. The van der Waals surface area contributed by atoms with Crippen LogP contribution in [0.3, 0.4) is 0 Å². The summed E-state index contributed by atoms with van der Waals surface area (Å²) >= 11 is 0. The molecule has 134 valence electrons. The molecule has 0 amide bonds. The minimum absolute atomic E-state index is 0.00261. The van der Waals surface area contributed by atoms with Crippen LogP contribution < -0.4 is 4.74 Å². The first-order chi connectivity index (χ1) is 11.8. The van der Waals surface area contributed by atoms with Gasteiger partial charge in [0, 0.05) is 25.9 Å². The van der Waals surface area contributed by atoms with Gasteiger partial charge in [-0.1, -0.05) is 12.1 Å². The van der Waals surface area contributed by atoms with E-state index in [1.165, 1.54) is 26.4 Å². The minimum Gasteiger partial charge on any atom is -0.504 e. The molecule has 0 aliphatic heterocycles. The Balaban J connectivity index is 2.41. The molecule has 2 aromatic rings. The molecule has 0 fully saturated rings. The fourth-order valence-corrected chi connectivity index (χ4v) is 3.08. The number of sulfonamides is 1. The smallest absolute Gasteiger partial charge is 0.242 e. The first kappa shape index (κ1) is 19.0. The molecule has 1 N–H and O–H groups in total. The molecule has 0 saturated carbocycles. The lowest BCUT2D eigenvalue weighted by Gasteiger charge is -2.12. The average Bonchev–Trinajstić information content (AvgIpc) is 2.56. The van der Waals surface area contributed by atoms with Crippen LogP contribution in [0.25, 0.3) is 0 Å². The van der Waals surface area contributed by atoms with Gasteiger partial charge in [0.05, 0.1) is 17.2 Å². The fraction of sp³-hybridized carbons (Fsp3) is 0.278. The molecule has 2 rings (SSSR count). The number of para-hydroxylation sites is 1. The van der Waals surface area contributed by atoms with Gasteiger partial charge in [0.25, 0.3) is 0 Å². The molecular weight excluding hydrogens is 340 g/mol. The molecule has 2 aromatic carbocycles. The molecule has 0 radical (unpaired) electrons. The minimum atomic E-state index is -3.53. The summed E-state index contributed by atoms with van der Waals surface area (Å²) in [6, 6.07) is 9.91. The van der Waals surface area contributed by atoms with Crippen molar-refractivity contribution in [2.24, 2.45) is 4.99 Å². The van der Waals surface area contributed by atoms with E-state index in [0.29, 0.717) is 23.6 Å². The number of benzene rings is 2. The number of ether oxygens (including phenoxy) is 1. The highest BCUT2D eigenvalue weighted by molar-refractivity contribution is 7.89. The van der Waals surface area contributed by atoms with Crippen molar-refractivity contribution in [3.8, 4) is 11.5 Å². The summed E-state index contributed by atoms with van der Waals surface area (Å²) in [5, 5.41) is 10.2. The van der Waals surface area contributed by atoms with Gasteiger partial charge in [-0.25, -0.2) is 12.7 Å². The first-order valence-corrected chi connectivity index (χ1v) is 9.23. The van der Waals surface area contributed by atoms with Crippen molar-refractivity contribution in [1.82, 2.24) is 4.31 Å². The molecule has 0 heterocycles. The SMILES string of the molecule is CCOc1cccc(C=Nc2cc(S(=O)(=O)N(C)C)ccc2C)c1O. The van der Waals surface area contributed by atoms with Crippen LogP contribution in [0.1, 0.15) is 18.1 Å². The number of aliphatic imine (C=N–C) groups is 1. The highest BCUT2D eigenvalue weighted by Gasteiger charge is 2.18. The first-order valence-electron chi connectivity index (χ1n) is 7.79. The Morgan fingerprint density at radius 2 is 1.96 bits per heavy atom. The molecule has 0 aromatic heterocycles. The van der Waals surface area contributed by atoms with E-state index < -0.39 is 10.0 Å². The van der Waals surface area contributed by atoms with Crippen LogP contribution in [-0.4, -0.2) is 44.7 Å². The van der Waals surface area contributed by atoms with E-state index in [1.54, 1.807) is 30.3 Å². The van der Waals surface area contributed by atoms with Gasteiger partial charge in [0.1, 0.15) is 0 Å². The Labute approximate surface area is 148 Å². The van der Waals surface area contributed by atoms with E-state index in [2.05, 4.69) is 4.99 Å². The number of hydrogen-bond donors (Lipinski definition) is 1. The molecule has 0 aliphatic carbocycles. The van der Waals surface area contributed by atoms with Crippen molar-refractivity contribution in [2.75, 3.05) is 20.7 Å². The van der Waals surface area contributed by atoms with E-state index in [9.17, 15) is 13.5 Å². The average molecular weight is 362 g/mol. The van der Waals surface area contributed by atoms with Crippen molar-refractivity contribution < 1.29 is 18.3 Å². The van der Waals surface area contributed by atoms with Crippen LogP contribution in [0.4, 0.5) is 5.69 Å². The maximum atomic E-state index is 12.3. The van der Waals surface area contributed by atoms with Crippen molar-refractivity contribution in [2.45, 2.75) is 18.7 Å². The maximum Gasteiger partial charge on any atom is 0.242 e. The van der Waals surface area contributed by atoms with Gasteiger partial charge in [0.2, 0.25) is 10.0 Å². The quantitative estimate of drug-likeness (QED) is 0.801. The van der Waals surface area contributed by atoms with Gasteiger partial charge < -0.3 is 9.84 Å². The lowest BCUT2D eigenvalue weighted by Crippen LogP contribution is -2.22. The van der Waals surface area contributed by atoms with Crippen LogP contribution in [0, 0.1) is 6.92 Å². The standard InChI is InChI=1S/C18H22N2O4S/c1-5-24-17-8-6-7-14(18(17)21)12-19-16-11-15(10-9-13(16)2)25(22,23)20(3)4/h6-12,21H,5H2,1-4H3. The number of phenols is 1. The molecule has 0 atom stereocenters. The Hall–Kier alpha value is -2.38. The Kier molecular flexibility index (Phi) is 5.81. The Morgan fingerprint density at radius 3 is 2.60 bits per heavy atom. The second-order valence-electron chi connectivity index (χ2n) is 5.62. The predicted molar refractivity (Wildman–Crippen MR) is 98.6 cm³/mol. The second kappa shape index (κ2) is 7.67. The zero-order chi connectivity index (χ0) is 18.6. The van der Waals surface area contributed by atoms with Gasteiger partial charge in [-0.2, -0.15) is 0 Å². The lowest BCUT2D eigenvalue weighted by atomic mass is 10.2. The molecule has 25 heavy (non-hydrogen) atoms. The van der Waals surface area contributed by atoms with Gasteiger partial charge in [0.15, 0.2) is 11.5 Å². The van der Waals surface area contributed by atoms with Gasteiger partial charge in [-0.15, -0.1) is 0 Å². The predicted octanol–water partition coefficient (Wildman–Crippen LogP) is 3.10. The van der Waals surface area contributed by atoms with E-state index in [1.807, 2.05) is 13.8 Å². The van der Waals surface area contributed by atoms with Crippen molar-refractivity contribution >= 4 is 21.9 Å². The topological polar surface area (TPSA) is 79.2 Å². The highest BCUT2D eigenvalue weighted by atomic mass is 32.2.